The Labute approximate surface area is 142 Å². The molecule has 2 N–H and O–H groups in total. The van der Waals surface area contributed by atoms with Gasteiger partial charge < -0.3 is 5.32 Å². The number of anilines is 1. The lowest BCUT2D eigenvalue weighted by Gasteiger charge is -2.04. The van der Waals surface area contributed by atoms with Gasteiger partial charge in [0.2, 0.25) is 0 Å². The minimum atomic E-state index is -0.0928. The summed E-state index contributed by atoms with van der Waals surface area (Å²) < 4.78 is 1.09. The number of hydrogen-bond acceptors (Lipinski definition) is 5. The molecule has 1 amide bonds. The summed E-state index contributed by atoms with van der Waals surface area (Å²) in [5.41, 5.74) is 1.45. The van der Waals surface area contributed by atoms with Gasteiger partial charge in [-0.3, -0.25) is 9.89 Å². The highest BCUT2D eigenvalue weighted by Gasteiger charge is 2.08. The Kier molecular flexibility index (Phi) is 4.56. The van der Waals surface area contributed by atoms with Gasteiger partial charge in [-0.25, -0.2) is 4.98 Å². The summed E-state index contributed by atoms with van der Waals surface area (Å²) in [6, 6.07) is 9.47. The van der Waals surface area contributed by atoms with Gasteiger partial charge in [0.1, 0.15) is 6.33 Å². The van der Waals surface area contributed by atoms with E-state index in [2.05, 4.69) is 43.1 Å². The molecule has 0 aliphatic carbocycles. The Bertz CT molecular complexity index is 740. The van der Waals surface area contributed by atoms with Crippen LogP contribution in [-0.4, -0.2) is 21.1 Å². The fourth-order valence-corrected chi connectivity index (χ4v) is 3.61. The summed E-state index contributed by atoms with van der Waals surface area (Å²) in [6.45, 7) is 0. The van der Waals surface area contributed by atoms with E-state index in [4.69, 9.17) is 0 Å². The second kappa shape index (κ2) is 6.58. The number of carbonyl (C=O) groups excluding carboxylic acids is 1. The smallest absolute Gasteiger partial charge is 0.256 e. The Hall–Kier alpha value is -1.39. The van der Waals surface area contributed by atoms with E-state index < -0.39 is 0 Å². The lowest BCUT2D eigenvalue weighted by Crippen LogP contribution is -2.10. The number of hydrogen-bond donors (Lipinski definition) is 2. The number of H-pyrrole nitrogens is 1. The van der Waals surface area contributed by atoms with Crippen molar-refractivity contribution in [2.75, 3.05) is 5.32 Å². The van der Waals surface area contributed by atoms with E-state index >= 15 is 0 Å². The first-order valence-corrected chi connectivity index (χ1v) is 8.67. The minimum Gasteiger partial charge on any atom is -0.322 e. The van der Waals surface area contributed by atoms with Gasteiger partial charge >= 0.3 is 0 Å². The van der Waals surface area contributed by atoms with Crippen LogP contribution in [-0.2, 0) is 0 Å². The molecule has 3 rings (SSSR count). The zero-order valence-electron chi connectivity index (χ0n) is 10.5. The molecule has 106 valence electrons. The monoisotopic (exact) mass is 428 g/mol. The second-order valence-corrected chi connectivity index (χ2v) is 7.88. The van der Waals surface area contributed by atoms with Crippen molar-refractivity contribution in [1.29, 1.82) is 0 Å². The van der Waals surface area contributed by atoms with Crippen molar-refractivity contribution >= 4 is 57.3 Å². The maximum Gasteiger partial charge on any atom is 0.256 e. The van der Waals surface area contributed by atoms with Crippen LogP contribution in [0.3, 0.4) is 0 Å². The van der Waals surface area contributed by atoms with Gasteiger partial charge in [-0.2, -0.15) is 5.10 Å². The van der Waals surface area contributed by atoms with Crippen LogP contribution in [0, 0.1) is 2.88 Å². The molecule has 0 radical (unpaired) electrons. The number of benzene rings is 1. The highest BCUT2D eigenvalue weighted by molar-refractivity contribution is 14.1. The highest BCUT2D eigenvalue weighted by atomic mass is 127. The number of thiophene rings is 1. The third kappa shape index (κ3) is 3.83. The van der Waals surface area contributed by atoms with Crippen LogP contribution in [0.2, 0.25) is 0 Å². The standard InChI is InChI=1S/C13H9IN4OS2/c14-11-5-8(6-20-11)12(19)17-9-1-3-10(4-2-9)21-13-15-7-16-18-13/h1-7H,(H,17,19)(H,15,16,18). The molecule has 21 heavy (non-hydrogen) atoms. The molecular formula is C13H9IN4OS2. The molecule has 0 fully saturated rings. The molecule has 5 nitrogen and oxygen atoms in total. The molecule has 0 saturated carbocycles. The number of carbonyl (C=O) groups is 1. The fourth-order valence-electron chi connectivity index (χ4n) is 1.59. The predicted molar refractivity (Wildman–Crippen MR) is 91.9 cm³/mol. The second-order valence-electron chi connectivity index (χ2n) is 4.01. The Balaban J connectivity index is 1.65. The summed E-state index contributed by atoms with van der Waals surface area (Å²) in [4.78, 5) is 17.1. The molecule has 0 atom stereocenters. The van der Waals surface area contributed by atoms with Crippen LogP contribution in [0.25, 0.3) is 0 Å². The van der Waals surface area contributed by atoms with Crippen molar-refractivity contribution in [2.45, 2.75) is 10.1 Å². The molecule has 1 aromatic carbocycles. The minimum absolute atomic E-state index is 0.0928. The Morgan fingerprint density at radius 1 is 1.33 bits per heavy atom. The number of rotatable bonds is 4. The number of aromatic amines is 1. The third-order valence-electron chi connectivity index (χ3n) is 2.55. The molecule has 0 aliphatic rings. The highest BCUT2D eigenvalue weighted by Crippen LogP contribution is 2.25. The van der Waals surface area contributed by atoms with Crippen LogP contribution < -0.4 is 5.32 Å². The van der Waals surface area contributed by atoms with Crippen LogP contribution in [0.15, 0.2) is 52.1 Å². The SMILES string of the molecule is O=C(Nc1ccc(Sc2ncn[nH]2)cc1)c1csc(I)c1. The zero-order chi connectivity index (χ0) is 14.7. The maximum atomic E-state index is 12.0. The van der Waals surface area contributed by atoms with E-state index in [-0.39, 0.29) is 5.91 Å². The van der Waals surface area contributed by atoms with E-state index in [0.717, 1.165) is 18.6 Å². The van der Waals surface area contributed by atoms with Gasteiger partial charge in [0.15, 0.2) is 5.16 Å². The summed E-state index contributed by atoms with van der Waals surface area (Å²) >= 11 is 5.24. The van der Waals surface area contributed by atoms with Crippen LogP contribution in [0.4, 0.5) is 5.69 Å². The van der Waals surface area contributed by atoms with Gasteiger partial charge in [0.05, 0.1) is 8.45 Å². The normalized spacial score (nSPS) is 10.5. The number of halogens is 1. The molecule has 0 aliphatic heterocycles. The Morgan fingerprint density at radius 3 is 2.76 bits per heavy atom. The van der Waals surface area contributed by atoms with Crippen LogP contribution >= 0.6 is 45.7 Å². The Morgan fingerprint density at radius 2 is 2.14 bits per heavy atom. The number of aromatic nitrogens is 3. The van der Waals surface area contributed by atoms with Crippen molar-refractivity contribution in [1.82, 2.24) is 15.2 Å². The van der Waals surface area contributed by atoms with Gasteiger partial charge in [-0.1, -0.05) is 11.8 Å². The average molecular weight is 428 g/mol. The summed E-state index contributed by atoms with van der Waals surface area (Å²) in [5, 5.41) is 12.1. The molecule has 8 heteroatoms. The number of amides is 1. The maximum absolute atomic E-state index is 12.0. The first kappa shape index (κ1) is 14.5. The number of nitrogens with one attached hydrogen (secondary N) is 2. The van der Waals surface area contributed by atoms with Gasteiger partial charge in [0, 0.05) is 16.0 Å². The molecule has 0 bridgehead atoms. The quantitative estimate of drug-likeness (QED) is 0.619. The summed E-state index contributed by atoms with van der Waals surface area (Å²) in [5.74, 6) is -0.0928. The van der Waals surface area contributed by atoms with Crippen molar-refractivity contribution < 1.29 is 4.79 Å². The molecule has 2 aromatic heterocycles. The van der Waals surface area contributed by atoms with E-state index in [9.17, 15) is 4.79 Å². The third-order valence-corrected chi connectivity index (χ3v) is 5.24. The molecule has 0 saturated heterocycles. The molecule has 3 aromatic rings. The van der Waals surface area contributed by atoms with Crippen LogP contribution in [0.5, 0.6) is 0 Å². The van der Waals surface area contributed by atoms with Crippen molar-refractivity contribution in [3.05, 3.63) is 50.5 Å². The predicted octanol–water partition coefficient (Wildman–Crippen LogP) is 3.87. The molecular weight excluding hydrogens is 419 g/mol. The largest absolute Gasteiger partial charge is 0.322 e. The summed E-state index contributed by atoms with van der Waals surface area (Å²) in [6.07, 6.45) is 1.47. The topological polar surface area (TPSA) is 70.7 Å². The van der Waals surface area contributed by atoms with Gasteiger partial charge in [0.25, 0.3) is 5.91 Å². The average Bonchev–Trinajstić information content (AvgIpc) is 3.12. The first-order chi connectivity index (χ1) is 10.2. The zero-order valence-corrected chi connectivity index (χ0v) is 14.3. The molecule has 0 unspecified atom stereocenters. The summed E-state index contributed by atoms with van der Waals surface area (Å²) in [7, 11) is 0. The molecule has 0 spiro atoms. The van der Waals surface area contributed by atoms with E-state index in [0.29, 0.717) is 5.56 Å². The lowest BCUT2D eigenvalue weighted by atomic mass is 10.3. The van der Waals surface area contributed by atoms with E-state index in [1.807, 2.05) is 35.7 Å². The van der Waals surface area contributed by atoms with E-state index in [1.54, 1.807) is 11.3 Å². The van der Waals surface area contributed by atoms with Crippen LogP contribution in [0.1, 0.15) is 10.4 Å². The van der Waals surface area contributed by atoms with E-state index in [1.165, 1.54) is 18.1 Å². The number of nitrogens with zero attached hydrogens (tertiary/aromatic N) is 2. The van der Waals surface area contributed by atoms with Crippen molar-refractivity contribution in [3.8, 4) is 0 Å². The first-order valence-electron chi connectivity index (χ1n) is 5.89. The van der Waals surface area contributed by atoms with Crippen molar-refractivity contribution in [2.24, 2.45) is 0 Å². The molecule has 2 heterocycles. The fraction of sp³-hybridized carbons (Fsp3) is 0. The van der Waals surface area contributed by atoms with Gasteiger partial charge in [-0.05, 0) is 52.9 Å². The lowest BCUT2D eigenvalue weighted by molar-refractivity contribution is 0.102. The van der Waals surface area contributed by atoms with Crippen molar-refractivity contribution in [3.63, 3.8) is 0 Å². The van der Waals surface area contributed by atoms with Gasteiger partial charge in [-0.15, -0.1) is 11.3 Å².